The van der Waals surface area contributed by atoms with Gasteiger partial charge in [0.15, 0.2) is 5.16 Å². The van der Waals surface area contributed by atoms with Crippen molar-refractivity contribution in [3.8, 4) is 22.5 Å². The number of ether oxygens (including phenoxy) is 1. The van der Waals surface area contributed by atoms with Crippen LogP contribution < -0.4 is 5.32 Å². The molecule has 1 fully saturated rings. The molecule has 170 valence electrons. The highest BCUT2D eigenvalue weighted by Crippen LogP contribution is 2.36. The zero-order valence-electron chi connectivity index (χ0n) is 18.8. The first-order chi connectivity index (χ1) is 15.7. The van der Waals surface area contributed by atoms with Crippen molar-refractivity contribution in [3.63, 3.8) is 0 Å². The summed E-state index contributed by atoms with van der Waals surface area (Å²) in [4.78, 5) is 9.52. The van der Waals surface area contributed by atoms with Crippen molar-refractivity contribution >= 4 is 17.6 Å². The van der Waals surface area contributed by atoms with E-state index in [9.17, 15) is 4.39 Å². The van der Waals surface area contributed by atoms with Crippen LogP contribution in [0.1, 0.15) is 38.5 Å². The van der Waals surface area contributed by atoms with E-state index in [4.69, 9.17) is 9.72 Å². The Kier molecular flexibility index (Phi) is 7.81. The Morgan fingerprint density at radius 1 is 1.09 bits per heavy atom. The van der Waals surface area contributed by atoms with Crippen molar-refractivity contribution in [3.05, 3.63) is 48.4 Å². The second kappa shape index (κ2) is 11.0. The summed E-state index contributed by atoms with van der Waals surface area (Å²) in [7, 11) is 1.71. The third-order valence-corrected chi connectivity index (χ3v) is 6.67. The van der Waals surface area contributed by atoms with Gasteiger partial charge in [-0.25, -0.2) is 14.4 Å². The Bertz CT molecular complexity index is 1010. The predicted molar refractivity (Wildman–Crippen MR) is 130 cm³/mol. The third kappa shape index (κ3) is 5.33. The summed E-state index contributed by atoms with van der Waals surface area (Å²) in [6, 6.07) is 11.2. The molecule has 1 saturated carbocycles. The van der Waals surface area contributed by atoms with Crippen molar-refractivity contribution in [1.29, 1.82) is 0 Å². The van der Waals surface area contributed by atoms with Crippen molar-refractivity contribution < 1.29 is 9.13 Å². The minimum atomic E-state index is -0.252. The van der Waals surface area contributed by atoms with E-state index in [-0.39, 0.29) is 5.82 Å². The lowest BCUT2D eigenvalue weighted by Crippen LogP contribution is -2.19. The van der Waals surface area contributed by atoms with Gasteiger partial charge in [0.25, 0.3) is 0 Å². The number of benzene rings is 1. The number of nitrogens with one attached hydrogen (secondary N) is 1. The van der Waals surface area contributed by atoms with Crippen molar-refractivity contribution in [2.24, 2.45) is 0 Å². The van der Waals surface area contributed by atoms with Gasteiger partial charge in [0.1, 0.15) is 11.6 Å². The minimum absolute atomic E-state index is 0.252. The fourth-order valence-corrected chi connectivity index (χ4v) is 4.96. The summed E-state index contributed by atoms with van der Waals surface area (Å²) in [5.41, 5.74) is 3.78. The van der Waals surface area contributed by atoms with Crippen LogP contribution in [0.2, 0.25) is 0 Å². The molecule has 7 heteroatoms. The number of anilines is 1. The topological polar surface area (TPSA) is 52.0 Å². The number of hydrogen-bond donors (Lipinski definition) is 1. The van der Waals surface area contributed by atoms with Gasteiger partial charge in [-0.05, 0) is 55.5 Å². The average molecular weight is 455 g/mol. The van der Waals surface area contributed by atoms with Crippen molar-refractivity contribution in [1.82, 2.24) is 14.5 Å². The Hall–Kier alpha value is -2.38. The number of nitrogens with zero attached hydrogens (tertiary/aromatic N) is 3. The number of imidazole rings is 1. The summed E-state index contributed by atoms with van der Waals surface area (Å²) >= 11 is 1.60. The number of methoxy groups -OCH3 is 1. The van der Waals surface area contributed by atoms with E-state index in [0.717, 1.165) is 33.5 Å². The number of rotatable bonds is 8. The van der Waals surface area contributed by atoms with E-state index in [0.29, 0.717) is 19.2 Å². The van der Waals surface area contributed by atoms with Gasteiger partial charge in [0, 0.05) is 37.0 Å². The standard InChI is InChI=1S/C25H31FN4OS/c1-31-16-15-30-24(23(29-25(30)32-2)18-9-11-20(26)12-10-18)19-13-14-27-22(17-19)28-21-7-5-3-4-6-8-21/h9-14,17,21H,3-8,15-16H2,1-2H3,(H,27,28). The number of hydrogen-bond acceptors (Lipinski definition) is 5. The van der Waals surface area contributed by atoms with Gasteiger partial charge in [-0.3, -0.25) is 0 Å². The molecule has 1 N–H and O–H groups in total. The van der Waals surface area contributed by atoms with Gasteiger partial charge in [0.05, 0.1) is 18.0 Å². The summed E-state index contributed by atoms with van der Waals surface area (Å²) < 4.78 is 21.1. The molecule has 0 spiro atoms. The normalized spacial score (nSPS) is 15.0. The highest BCUT2D eigenvalue weighted by atomic mass is 32.2. The van der Waals surface area contributed by atoms with Gasteiger partial charge in [-0.15, -0.1) is 0 Å². The molecule has 3 aromatic rings. The van der Waals surface area contributed by atoms with E-state index in [1.807, 2.05) is 18.5 Å². The summed E-state index contributed by atoms with van der Waals surface area (Å²) in [5.74, 6) is 0.641. The SMILES string of the molecule is COCCn1c(SC)nc(-c2ccc(F)cc2)c1-c1ccnc(NC2CCCCCC2)c1. The van der Waals surface area contributed by atoms with Crippen LogP contribution in [0.15, 0.2) is 47.8 Å². The Morgan fingerprint density at radius 3 is 2.53 bits per heavy atom. The lowest BCUT2D eigenvalue weighted by atomic mass is 10.0. The lowest BCUT2D eigenvalue weighted by Gasteiger charge is -2.18. The molecule has 0 aliphatic heterocycles. The molecule has 0 saturated heterocycles. The number of thioether (sulfide) groups is 1. The van der Waals surface area contributed by atoms with Gasteiger partial charge in [0.2, 0.25) is 0 Å². The van der Waals surface area contributed by atoms with Crippen LogP contribution in [0.4, 0.5) is 10.2 Å². The molecule has 1 aliphatic carbocycles. The average Bonchev–Trinajstić information content (AvgIpc) is 2.98. The van der Waals surface area contributed by atoms with Crippen LogP contribution in [0, 0.1) is 5.82 Å². The molecule has 0 atom stereocenters. The fraction of sp³-hybridized carbons (Fsp3) is 0.440. The van der Waals surface area contributed by atoms with Gasteiger partial charge in [-0.2, -0.15) is 0 Å². The number of halogens is 1. The molecular weight excluding hydrogens is 423 g/mol. The summed E-state index contributed by atoms with van der Waals surface area (Å²) in [6.07, 6.45) is 11.4. The Labute approximate surface area is 193 Å². The molecule has 0 radical (unpaired) electrons. The highest BCUT2D eigenvalue weighted by molar-refractivity contribution is 7.98. The van der Waals surface area contributed by atoms with E-state index in [1.54, 1.807) is 31.0 Å². The van der Waals surface area contributed by atoms with Crippen LogP contribution in [-0.4, -0.2) is 40.5 Å². The first kappa shape index (κ1) is 22.8. The zero-order chi connectivity index (χ0) is 22.3. The van der Waals surface area contributed by atoms with Crippen molar-refractivity contribution in [2.75, 3.05) is 25.3 Å². The maximum Gasteiger partial charge on any atom is 0.168 e. The maximum absolute atomic E-state index is 13.6. The molecule has 0 bridgehead atoms. The monoisotopic (exact) mass is 454 g/mol. The van der Waals surface area contributed by atoms with Crippen LogP contribution in [0.3, 0.4) is 0 Å². The minimum Gasteiger partial charge on any atom is -0.383 e. The fourth-order valence-electron chi connectivity index (χ4n) is 4.37. The molecule has 0 unspecified atom stereocenters. The number of pyridine rings is 1. The molecule has 2 heterocycles. The molecule has 1 aliphatic rings. The van der Waals surface area contributed by atoms with Crippen molar-refractivity contribution in [2.45, 2.75) is 56.3 Å². The van der Waals surface area contributed by atoms with Gasteiger partial charge < -0.3 is 14.6 Å². The molecular formula is C25H31FN4OS. The van der Waals surface area contributed by atoms with Crippen LogP contribution >= 0.6 is 11.8 Å². The molecule has 2 aromatic heterocycles. The first-order valence-corrected chi connectivity index (χ1v) is 12.5. The lowest BCUT2D eigenvalue weighted by molar-refractivity contribution is 0.185. The molecule has 0 amide bonds. The van der Waals surface area contributed by atoms with Crippen LogP contribution in [0.25, 0.3) is 22.5 Å². The zero-order valence-corrected chi connectivity index (χ0v) is 19.6. The van der Waals surface area contributed by atoms with E-state index in [2.05, 4.69) is 20.9 Å². The molecule has 5 nitrogen and oxygen atoms in total. The van der Waals surface area contributed by atoms with E-state index >= 15 is 0 Å². The number of aromatic nitrogens is 3. The van der Waals surface area contributed by atoms with Gasteiger partial charge >= 0.3 is 0 Å². The van der Waals surface area contributed by atoms with Gasteiger partial charge in [-0.1, -0.05) is 37.4 Å². The van der Waals surface area contributed by atoms with Crippen LogP contribution in [-0.2, 0) is 11.3 Å². The highest BCUT2D eigenvalue weighted by Gasteiger charge is 2.21. The Balaban J connectivity index is 1.75. The largest absolute Gasteiger partial charge is 0.383 e. The molecule has 4 rings (SSSR count). The van der Waals surface area contributed by atoms with E-state index in [1.165, 1.54) is 50.7 Å². The van der Waals surface area contributed by atoms with E-state index < -0.39 is 0 Å². The molecule has 32 heavy (non-hydrogen) atoms. The second-order valence-corrected chi connectivity index (χ2v) is 8.98. The second-order valence-electron chi connectivity index (χ2n) is 8.21. The summed E-state index contributed by atoms with van der Waals surface area (Å²) in [6.45, 7) is 1.27. The quantitative estimate of drug-likeness (QED) is 0.322. The summed E-state index contributed by atoms with van der Waals surface area (Å²) in [5, 5.41) is 4.57. The first-order valence-electron chi connectivity index (χ1n) is 11.3. The third-order valence-electron chi connectivity index (χ3n) is 5.99. The smallest absolute Gasteiger partial charge is 0.168 e. The predicted octanol–water partition coefficient (Wildman–Crippen LogP) is 6.25. The molecule has 1 aromatic carbocycles. The van der Waals surface area contributed by atoms with Crippen LogP contribution in [0.5, 0.6) is 0 Å². The maximum atomic E-state index is 13.6. The Morgan fingerprint density at radius 2 is 1.84 bits per heavy atom.